The first-order valence-electron chi connectivity index (χ1n) is 10.9. The first kappa shape index (κ1) is 25.4. The van der Waals surface area contributed by atoms with Crippen molar-refractivity contribution in [1.82, 2.24) is 0 Å². The molecule has 0 aliphatic heterocycles. The van der Waals surface area contributed by atoms with E-state index in [2.05, 4.69) is 0 Å². The van der Waals surface area contributed by atoms with E-state index in [9.17, 15) is 9.59 Å². The predicted octanol–water partition coefficient (Wildman–Crippen LogP) is 6.90. The van der Waals surface area contributed by atoms with Crippen molar-refractivity contribution in [2.24, 2.45) is 0 Å². The van der Waals surface area contributed by atoms with Crippen LogP contribution in [0.1, 0.15) is 109 Å². The van der Waals surface area contributed by atoms with E-state index in [1.807, 2.05) is 0 Å². The summed E-state index contributed by atoms with van der Waals surface area (Å²) in [6.45, 7) is 0. The monoisotopic (exact) mass is 380 g/mol. The second-order valence-electron chi connectivity index (χ2n) is 7.36. The Morgan fingerprint density at radius 3 is 0.889 bits per heavy atom. The molecule has 4 nitrogen and oxygen atoms in total. The van der Waals surface area contributed by atoms with Gasteiger partial charge in [-0.25, -0.2) is 9.59 Å². The van der Waals surface area contributed by atoms with Crippen LogP contribution in [0.5, 0.6) is 0 Å². The molecule has 4 heteroatoms. The summed E-state index contributed by atoms with van der Waals surface area (Å²) in [6.07, 6.45) is 27.0. The fraction of sp³-hybridized carbons (Fsp3) is 0.739. The van der Waals surface area contributed by atoms with Crippen molar-refractivity contribution < 1.29 is 19.8 Å². The average molecular weight is 381 g/mol. The van der Waals surface area contributed by atoms with Gasteiger partial charge in [0.25, 0.3) is 0 Å². The van der Waals surface area contributed by atoms with Crippen LogP contribution in [0.25, 0.3) is 0 Å². The van der Waals surface area contributed by atoms with Crippen LogP contribution in [0.4, 0.5) is 0 Å². The Kier molecular flexibility index (Phi) is 19.5. The first-order valence-corrected chi connectivity index (χ1v) is 10.9. The summed E-state index contributed by atoms with van der Waals surface area (Å²) < 4.78 is 0. The Hall–Kier alpha value is -1.58. The third kappa shape index (κ3) is 24.4. The normalized spacial score (nSPS) is 11.6. The summed E-state index contributed by atoms with van der Waals surface area (Å²) in [5.41, 5.74) is 0. The van der Waals surface area contributed by atoms with Gasteiger partial charge in [-0.15, -0.1) is 0 Å². The standard InChI is InChI=1S/C23H40O4/c24-22(25)20-18-16-14-12-10-8-6-4-2-1-3-5-7-9-11-13-15-17-19-21-23(26)27/h18-21H,1-17H2,(H,24,25)(H,26,27). The highest BCUT2D eigenvalue weighted by atomic mass is 16.4. The highest BCUT2D eigenvalue weighted by Crippen LogP contribution is 2.14. The zero-order chi connectivity index (χ0) is 20.0. The van der Waals surface area contributed by atoms with Crippen molar-refractivity contribution in [2.45, 2.75) is 109 Å². The zero-order valence-corrected chi connectivity index (χ0v) is 17.0. The molecule has 0 unspecified atom stereocenters. The minimum Gasteiger partial charge on any atom is -0.478 e. The van der Waals surface area contributed by atoms with Crippen LogP contribution >= 0.6 is 0 Å². The average Bonchev–Trinajstić information content (AvgIpc) is 2.62. The lowest BCUT2D eigenvalue weighted by Gasteiger charge is -2.03. The van der Waals surface area contributed by atoms with Crippen molar-refractivity contribution in [1.29, 1.82) is 0 Å². The van der Waals surface area contributed by atoms with Gasteiger partial charge in [-0.2, -0.15) is 0 Å². The van der Waals surface area contributed by atoms with Gasteiger partial charge in [-0.3, -0.25) is 0 Å². The van der Waals surface area contributed by atoms with Gasteiger partial charge in [0.2, 0.25) is 0 Å². The molecular formula is C23H40O4. The third-order valence-electron chi connectivity index (χ3n) is 4.76. The molecule has 0 spiro atoms. The molecule has 0 aromatic rings. The van der Waals surface area contributed by atoms with Gasteiger partial charge in [-0.1, -0.05) is 95.6 Å². The van der Waals surface area contributed by atoms with Crippen molar-refractivity contribution in [3.05, 3.63) is 24.3 Å². The van der Waals surface area contributed by atoms with Gasteiger partial charge >= 0.3 is 11.9 Å². The Bertz CT molecular complexity index is 375. The SMILES string of the molecule is O=C(O)C=CCCCCCCCCCCCCCCCCCC=CC(=O)O. The van der Waals surface area contributed by atoms with E-state index in [1.54, 1.807) is 12.2 Å². The minimum absolute atomic E-state index is 0.849. The van der Waals surface area contributed by atoms with E-state index >= 15 is 0 Å². The Balaban J connectivity index is 3.09. The summed E-state index contributed by atoms with van der Waals surface area (Å²) in [5.74, 6) is -1.70. The molecule has 0 aromatic carbocycles. The Morgan fingerprint density at radius 1 is 0.444 bits per heavy atom. The van der Waals surface area contributed by atoms with Crippen LogP contribution in [-0.4, -0.2) is 22.2 Å². The van der Waals surface area contributed by atoms with Gasteiger partial charge in [-0.05, 0) is 25.7 Å². The molecule has 0 aliphatic rings. The Labute approximate surface area is 165 Å². The predicted molar refractivity (Wildman–Crippen MR) is 112 cm³/mol. The van der Waals surface area contributed by atoms with Crippen LogP contribution in [-0.2, 0) is 9.59 Å². The lowest BCUT2D eigenvalue weighted by molar-refractivity contribution is -0.132. The van der Waals surface area contributed by atoms with Crippen molar-refractivity contribution in [3.8, 4) is 0 Å². The minimum atomic E-state index is -0.849. The molecule has 156 valence electrons. The summed E-state index contributed by atoms with van der Waals surface area (Å²) in [6, 6.07) is 0. The van der Waals surface area contributed by atoms with Crippen molar-refractivity contribution >= 4 is 11.9 Å². The van der Waals surface area contributed by atoms with E-state index in [0.717, 1.165) is 25.7 Å². The van der Waals surface area contributed by atoms with Crippen LogP contribution in [0.15, 0.2) is 24.3 Å². The molecule has 0 amide bonds. The Morgan fingerprint density at radius 2 is 0.667 bits per heavy atom. The smallest absolute Gasteiger partial charge is 0.327 e. The number of hydrogen-bond donors (Lipinski definition) is 2. The molecule has 0 rings (SSSR count). The van der Waals surface area contributed by atoms with Crippen LogP contribution in [0, 0.1) is 0 Å². The summed E-state index contributed by atoms with van der Waals surface area (Å²) >= 11 is 0. The summed E-state index contributed by atoms with van der Waals surface area (Å²) in [4.78, 5) is 20.6. The van der Waals surface area contributed by atoms with Gasteiger partial charge in [0.15, 0.2) is 0 Å². The van der Waals surface area contributed by atoms with Gasteiger partial charge < -0.3 is 10.2 Å². The maximum absolute atomic E-state index is 10.3. The molecule has 27 heavy (non-hydrogen) atoms. The number of rotatable bonds is 20. The van der Waals surface area contributed by atoms with E-state index < -0.39 is 11.9 Å². The van der Waals surface area contributed by atoms with E-state index in [0.29, 0.717) is 0 Å². The molecule has 0 heterocycles. The topological polar surface area (TPSA) is 74.6 Å². The van der Waals surface area contributed by atoms with Gasteiger partial charge in [0, 0.05) is 12.2 Å². The molecule has 0 bridgehead atoms. The van der Waals surface area contributed by atoms with Crippen LogP contribution in [0.2, 0.25) is 0 Å². The fourth-order valence-corrected chi connectivity index (χ4v) is 3.19. The maximum atomic E-state index is 10.3. The lowest BCUT2D eigenvalue weighted by atomic mass is 10.0. The number of unbranched alkanes of at least 4 members (excludes halogenated alkanes) is 16. The number of hydrogen-bond acceptors (Lipinski definition) is 2. The molecule has 0 atom stereocenters. The number of carboxylic acid groups (broad SMARTS) is 2. The van der Waals surface area contributed by atoms with Crippen LogP contribution in [0.3, 0.4) is 0 Å². The molecule has 0 radical (unpaired) electrons. The number of aliphatic carboxylic acids is 2. The highest BCUT2D eigenvalue weighted by Gasteiger charge is 1.95. The summed E-state index contributed by atoms with van der Waals surface area (Å²) in [7, 11) is 0. The molecule has 0 saturated heterocycles. The fourth-order valence-electron chi connectivity index (χ4n) is 3.19. The molecule has 0 aromatic heterocycles. The first-order chi connectivity index (χ1) is 13.1. The largest absolute Gasteiger partial charge is 0.478 e. The molecule has 0 fully saturated rings. The lowest BCUT2D eigenvalue weighted by Crippen LogP contribution is -1.86. The van der Waals surface area contributed by atoms with Crippen LogP contribution < -0.4 is 0 Å². The van der Waals surface area contributed by atoms with Crippen molar-refractivity contribution in [2.75, 3.05) is 0 Å². The maximum Gasteiger partial charge on any atom is 0.327 e. The number of allylic oxidation sites excluding steroid dienone is 2. The molecule has 0 saturated carbocycles. The number of carboxylic acids is 2. The molecule has 0 aliphatic carbocycles. The number of carbonyl (C=O) groups is 2. The quantitative estimate of drug-likeness (QED) is 0.178. The highest BCUT2D eigenvalue weighted by molar-refractivity contribution is 5.79. The molecule has 2 N–H and O–H groups in total. The van der Waals surface area contributed by atoms with Crippen molar-refractivity contribution in [3.63, 3.8) is 0 Å². The second-order valence-corrected chi connectivity index (χ2v) is 7.36. The zero-order valence-electron chi connectivity index (χ0n) is 17.0. The van der Waals surface area contributed by atoms with E-state index in [1.165, 1.54) is 95.6 Å². The van der Waals surface area contributed by atoms with Gasteiger partial charge in [0.05, 0.1) is 0 Å². The second kappa shape index (κ2) is 20.7. The van der Waals surface area contributed by atoms with E-state index in [-0.39, 0.29) is 0 Å². The third-order valence-corrected chi connectivity index (χ3v) is 4.76. The van der Waals surface area contributed by atoms with E-state index in [4.69, 9.17) is 10.2 Å². The van der Waals surface area contributed by atoms with Gasteiger partial charge in [0.1, 0.15) is 0 Å². The molecular weight excluding hydrogens is 340 g/mol. The summed E-state index contributed by atoms with van der Waals surface area (Å²) in [5, 5.41) is 17.0.